The number of hydrogen-bond donors (Lipinski definition) is 4. The molecule has 2 aliphatic heterocycles. The first kappa shape index (κ1) is 40.5. The van der Waals surface area contributed by atoms with Gasteiger partial charge >= 0.3 is 12.1 Å². The Bertz CT molecular complexity index is 1890. The summed E-state index contributed by atoms with van der Waals surface area (Å²) >= 11 is 6.46. The molecule has 5 rings (SSSR count). The van der Waals surface area contributed by atoms with Crippen LogP contribution in [0.2, 0.25) is 5.02 Å². The first-order valence-electron chi connectivity index (χ1n) is 15.9. The van der Waals surface area contributed by atoms with Crippen LogP contribution >= 0.6 is 11.6 Å². The molecule has 3 aromatic rings. The number of carboxylic acids is 1. The van der Waals surface area contributed by atoms with E-state index in [4.69, 9.17) is 31.5 Å². The molecule has 0 saturated carbocycles. The first-order valence-corrected chi connectivity index (χ1v) is 16.3. The molecule has 20 heteroatoms. The van der Waals surface area contributed by atoms with E-state index in [-0.39, 0.29) is 63.7 Å². The van der Waals surface area contributed by atoms with E-state index < -0.39 is 42.0 Å². The third kappa shape index (κ3) is 9.77. The van der Waals surface area contributed by atoms with E-state index in [0.29, 0.717) is 45.6 Å². The third-order valence-electron chi connectivity index (χ3n) is 8.43. The number of carbonyl (C=O) groups is 4. The smallest absolute Gasteiger partial charge is 0.476 e. The fourth-order valence-corrected chi connectivity index (χ4v) is 5.94. The monoisotopic (exact) mass is 769 g/mol. The SMILES string of the molecule is Cn1c(-c2ccc(OCC#N)c(F)c2F)cnc1C(=O)Nc1ccc(C(=O)N2CCC(C(=O)N3CCN[C@@H](CO)C3)CC2)c(Cl)c1.O=C(O)C(F)(F)F. The molecule has 0 bridgehead atoms. The van der Waals surface area contributed by atoms with Gasteiger partial charge in [-0.15, -0.1) is 0 Å². The summed E-state index contributed by atoms with van der Waals surface area (Å²) in [6.07, 6.45) is -2.82. The summed E-state index contributed by atoms with van der Waals surface area (Å²) in [6.45, 7) is 1.97. The van der Waals surface area contributed by atoms with E-state index in [2.05, 4.69) is 15.6 Å². The molecule has 4 N–H and O–H groups in total. The van der Waals surface area contributed by atoms with Gasteiger partial charge in [-0.25, -0.2) is 14.2 Å². The quantitative estimate of drug-likeness (QED) is 0.247. The highest BCUT2D eigenvalue weighted by molar-refractivity contribution is 6.34. The molecule has 1 aromatic heterocycles. The summed E-state index contributed by atoms with van der Waals surface area (Å²) in [7, 11) is 1.47. The van der Waals surface area contributed by atoms with Gasteiger partial charge in [0.25, 0.3) is 11.8 Å². The zero-order valence-corrected chi connectivity index (χ0v) is 28.7. The van der Waals surface area contributed by atoms with E-state index in [0.717, 1.165) is 0 Å². The van der Waals surface area contributed by atoms with Gasteiger partial charge in [-0.05, 0) is 43.2 Å². The van der Waals surface area contributed by atoms with Crippen LogP contribution in [-0.2, 0) is 16.6 Å². The number of nitriles is 1. The number of nitrogens with zero attached hydrogens (tertiary/aromatic N) is 5. The number of carboxylic acid groups (broad SMARTS) is 1. The molecule has 2 fully saturated rings. The van der Waals surface area contributed by atoms with Crippen LogP contribution in [0, 0.1) is 28.9 Å². The normalized spacial score (nSPS) is 16.2. The Morgan fingerprint density at radius 3 is 2.38 bits per heavy atom. The number of benzene rings is 2. The van der Waals surface area contributed by atoms with Crippen molar-refractivity contribution in [1.29, 1.82) is 5.26 Å². The fraction of sp³-hybridized carbons (Fsp3) is 0.394. The lowest BCUT2D eigenvalue weighted by Crippen LogP contribution is -2.56. The van der Waals surface area contributed by atoms with Gasteiger partial charge in [0, 0.05) is 63.0 Å². The number of piperidine rings is 1. The Hall–Kier alpha value is -5.32. The van der Waals surface area contributed by atoms with E-state index in [1.165, 1.54) is 48.1 Å². The van der Waals surface area contributed by atoms with Crippen LogP contribution in [0.3, 0.4) is 0 Å². The van der Waals surface area contributed by atoms with Crippen molar-refractivity contribution in [3.8, 4) is 23.1 Å². The number of carbonyl (C=O) groups excluding carboxylic acids is 3. The summed E-state index contributed by atoms with van der Waals surface area (Å²) < 4.78 is 67.2. The molecule has 2 aromatic carbocycles. The molecule has 284 valence electrons. The number of likely N-dealkylation sites (tertiary alicyclic amines) is 1. The molecular weight excluding hydrogens is 737 g/mol. The van der Waals surface area contributed by atoms with Gasteiger partial charge in [0.1, 0.15) is 6.07 Å². The predicted octanol–water partition coefficient (Wildman–Crippen LogP) is 3.45. The van der Waals surface area contributed by atoms with Gasteiger partial charge in [-0.2, -0.15) is 22.8 Å². The molecule has 0 radical (unpaired) electrons. The van der Waals surface area contributed by atoms with Crippen molar-refractivity contribution in [3.63, 3.8) is 0 Å². The van der Waals surface area contributed by atoms with Crippen molar-refractivity contribution in [2.24, 2.45) is 13.0 Å². The van der Waals surface area contributed by atoms with Crippen LogP contribution in [0.1, 0.15) is 33.8 Å². The van der Waals surface area contributed by atoms with Gasteiger partial charge in [-0.1, -0.05) is 11.6 Å². The number of hydrogen-bond acceptors (Lipinski definition) is 9. The standard InChI is InChI=1S/C31H32ClF2N7O5.C2HF3O2/c1-39-24(22-4-5-25(46-13-8-35)27(34)26(22)33)15-37-28(39)29(43)38-19-2-3-21(23(32)14-19)31(45)40-10-6-18(7-11-40)30(44)41-12-9-36-20(16-41)17-42;3-2(4,5)1(6)7/h2-5,14-15,18,20,36,42H,6-7,9-13,16-17H2,1H3,(H,38,43);(H,6,7)/t20-;/m1./s1. The minimum absolute atomic E-state index is 0.0366. The van der Waals surface area contributed by atoms with Crippen molar-refractivity contribution in [3.05, 3.63) is 64.6 Å². The second-order valence-corrected chi connectivity index (χ2v) is 12.3. The van der Waals surface area contributed by atoms with E-state index in [9.17, 15) is 41.4 Å². The number of amides is 3. The second kappa shape index (κ2) is 17.5. The number of ether oxygens (including phenoxy) is 1. The molecule has 1 atom stereocenters. The van der Waals surface area contributed by atoms with Gasteiger partial charge in [-0.3, -0.25) is 14.4 Å². The number of alkyl halides is 3. The largest absolute Gasteiger partial charge is 0.490 e. The molecule has 0 aliphatic carbocycles. The summed E-state index contributed by atoms with van der Waals surface area (Å²) in [5.41, 5.74) is 0.500. The topological polar surface area (TPSA) is 190 Å². The number of anilines is 1. The van der Waals surface area contributed by atoms with E-state index in [1.807, 2.05) is 0 Å². The summed E-state index contributed by atoms with van der Waals surface area (Å²) in [4.78, 5) is 55.7. The van der Waals surface area contributed by atoms with E-state index in [1.54, 1.807) is 15.9 Å². The Kier molecular flexibility index (Phi) is 13.3. The highest BCUT2D eigenvalue weighted by Gasteiger charge is 2.38. The highest BCUT2D eigenvalue weighted by atomic mass is 35.5. The average molecular weight is 770 g/mol. The number of halogens is 6. The van der Waals surface area contributed by atoms with Gasteiger partial charge in [0.05, 0.1) is 29.1 Å². The van der Waals surface area contributed by atoms with Crippen molar-refractivity contribution in [2.75, 3.05) is 51.3 Å². The summed E-state index contributed by atoms with van der Waals surface area (Å²) in [5, 5.41) is 31.1. The third-order valence-corrected chi connectivity index (χ3v) is 8.74. The number of imidazole rings is 1. The van der Waals surface area contributed by atoms with Crippen LogP contribution in [0.25, 0.3) is 11.3 Å². The van der Waals surface area contributed by atoms with Gasteiger partial charge in [0.2, 0.25) is 11.7 Å². The molecule has 3 amide bonds. The minimum atomic E-state index is -5.08. The lowest BCUT2D eigenvalue weighted by Gasteiger charge is -2.38. The van der Waals surface area contributed by atoms with Gasteiger partial charge < -0.3 is 40.0 Å². The lowest BCUT2D eigenvalue weighted by molar-refractivity contribution is -0.192. The number of nitrogens with one attached hydrogen (secondary N) is 2. The Labute approximate surface area is 303 Å². The number of aliphatic hydroxyl groups is 1. The molecule has 53 heavy (non-hydrogen) atoms. The van der Waals surface area contributed by atoms with Crippen molar-refractivity contribution in [2.45, 2.75) is 25.1 Å². The lowest BCUT2D eigenvalue weighted by atomic mass is 9.94. The number of aromatic nitrogens is 2. The van der Waals surface area contributed by atoms with Crippen molar-refractivity contribution >= 4 is 41.0 Å². The number of aliphatic carboxylic acids is 1. The average Bonchev–Trinajstić information content (AvgIpc) is 3.52. The molecule has 3 heterocycles. The summed E-state index contributed by atoms with van der Waals surface area (Å²) in [6, 6.07) is 8.46. The molecular formula is C33H33ClF5N7O7. The van der Waals surface area contributed by atoms with Gasteiger partial charge in [0.15, 0.2) is 24.0 Å². The van der Waals surface area contributed by atoms with Crippen LogP contribution in [-0.4, -0.2) is 111 Å². The molecule has 14 nitrogen and oxygen atoms in total. The van der Waals surface area contributed by atoms with Crippen LogP contribution < -0.4 is 15.4 Å². The molecule has 0 spiro atoms. The maximum absolute atomic E-state index is 14.8. The maximum Gasteiger partial charge on any atom is 0.490 e. The van der Waals surface area contributed by atoms with Crippen LogP contribution in [0.4, 0.5) is 27.6 Å². The Balaban J connectivity index is 0.000000815. The first-order chi connectivity index (χ1) is 25.1. The van der Waals surface area contributed by atoms with E-state index >= 15 is 0 Å². The Morgan fingerprint density at radius 2 is 1.77 bits per heavy atom. The summed E-state index contributed by atoms with van der Waals surface area (Å²) in [5.74, 6) is -6.85. The molecule has 2 aliphatic rings. The number of rotatable bonds is 8. The zero-order valence-electron chi connectivity index (χ0n) is 27.9. The van der Waals surface area contributed by atoms with Crippen molar-refractivity contribution < 1.29 is 56.1 Å². The van der Waals surface area contributed by atoms with Crippen LogP contribution in [0.15, 0.2) is 36.5 Å². The zero-order chi connectivity index (χ0) is 39.0. The fourth-order valence-electron chi connectivity index (χ4n) is 5.68. The maximum atomic E-state index is 14.8. The van der Waals surface area contributed by atoms with Crippen molar-refractivity contribution in [1.82, 2.24) is 24.7 Å². The Morgan fingerprint density at radius 1 is 1.09 bits per heavy atom. The predicted molar refractivity (Wildman–Crippen MR) is 177 cm³/mol. The minimum Gasteiger partial charge on any atom is -0.476 e. The highest BCUT2D eigenvalue weighted by Crippen LogP contribution is 2.31. The molecule has 2 saturated heterocycles. The molecule has 0 unspecified atom stereocenters. The van der Waals surface area contributed by atoms with Crippen LogP contribution in [0.5, 0.6) is 5.75 Å². The second-order valence-electron chi connectivity index (χ2n) is 11.8. The number of piperazine rings is 1. The number of aliphatic hydroxyl groups excluding tert-OH is 1.